The van der Waals surface area contributed by atoms with E-state index in [1.54, 1.807) is 50.2 Å². The van der Waals surface area contributed by atoms with Crippen LogP contribution in [0, 0.1) is 0 Å². The van der Waals surface area contributed by atoms with E-state index >= 15 is 0 Å². The Morgan fingerprint density at radius 1 is 0.926 bits per heavy atom. The van der Waals surface area contributed by atoms with Gasteiger partial charge in [0.05, 0.1) is 45.1 Å². The summed E-state index contributed by atoms with van der Waals surface area (Å²) >= 11 is 6.94. The number of anilines is 1. The van der Waals surface area contributed by atoms with Crippen LogP contribution in [0.15, 0.2) is 58.6 Å². The molecular formula is C37H36BrN11O3S2. The summed E-state index contributed by atoms with van der Waals surface area (Å²) in [5, 5.41) is 23.7. The molecule has 0 spiro atoms. The van der Waals surface area contributed by atoms with Gasteiger partial charge in [0.15, 0.2) is 23.1 Å². The molecule has 10 rings (SSSR count). The molecule has 7 aromatic rings. The highest BCUT2D eigenvalue weighted by Crippen LogP contribution is 2.33. The lowest BCUT2D eigenvalue weighted by Gasteiger charge is -2.12. The Kier molecular flexibility index (Phi) is 9.46. The lowest BCUT2D eigenvalue weighted by Crippen LogP contribution is -2.19. The number of H-pyrrole nitrogens is 2. The average Bonchev–Trinajstić information content (AvgIpc) is 3.68. The lowest BCUT2D eigenvalue weighted by atomic mass is 10.3. The minimum absolute atomic E-state index is 0.210. The number of aromatic hydroxyl groups is 1. The van der Waals surface area contributed by atoms with Crippen LogP contribution in [0.1, 0.15) is 64.3 Å². The molecule has 2 aliphatic carbocycles. The van der Waals surface area contributed by atoms with E-state index in [1.165, 1.54) is 48.5 Å². The third-order valence-electron chi connectivity index (χ3n) is 9.47. The number of carbonyl (C=O) groups excluding carboxylic acids is 1. The molecule has 1 aliphatic heterocycles. The monoisotopic (exact) mass is 825 g/mol. The molecule has 7 aromatic heterocycles. The second-order valence-electron chi connectivity index (χ2n) is 13.7. The first-order chi connectivity index (χ1) is 26.4. The number of aromatic nitrogens is 8. The minimum Gasteiger partial charge on any atom is -0.493 e. The van der Waals surface area contributed by atoms with Crippen LogP contribution in [-0.2, 0) is 11.9 Å². The highest BCUT2D eigenvalue weighted by Gasteiger charge is 2.24. The Balaban J connectivity index is 0.000000153. The fraction of sp³-hybridized carbons (Fsp3) is 0.324. The second-order valence-corrected chi connectivity index (χ2v) is 16.6. The number of thiophene rings is 2. The van der Waals surface area contributed by atoms with Crippen LogP contribution in [0.2, 0.25) is 0 Å². The van der Waals surface area contributed by atoms with E-state index < -0.39 is 5.69 Å². The number of alkyl halides is 1. The molecule has 4 N–H and O–H groups in total. The highest BCUT2D eigenvalue weighted by atomic mass is 79.9. The molecule has 0 aromatic carbocycles. The van der Waals surface area contributed by atoms with Crippen molar-refractivity contribution in [3.8, 4) is 27.0 Å². The number of fused-ring (bicyclic) bond motifs is 2. The molecule has 14 nitrogen and oxygen atoms in total. The maximum atomic E-state index is 11.5. The van der Waals surface area contributed by atoms with E-state index in [0.717, 1.165) is 63.5 Å². The maximum Gasteiger partial charge on any atom is 0.326 e. The van der Waals surface area contributed by atoms with E-state index in [2.05, 4.69) is 75.6 Å². The van der Waals surface area contributed by atoms with Crippen molar-refractivity contribution in [2.45, 2.75) is 62.5 Å². The van der Waals surface area contributed by atoms with Crippen molar-refractivity contribution in [2.24, 2.45) is 4.99 Å². The number of rotatable bonds is 10. The van der Waals surface area contributed by atoms with Crippen LogP contribution < -0.4 is 21.7 Å². The van der Waals surface area contributed by atoms with Gasteiger partial charge >= 0.3 is 5.69 Å². The molecule has 17 heteroatoms. The fourth-order valence-corrected chi connectivity index (χ4v) is 8.76. The zero-order chi connectivity index (χ0) is 36.8. The Morgan fingerprint density at radius 3 is 2.33 bits per heavy atom. The van der Waals surface area contributed by atoms with Crippen molar-refractivity contribution in [3.05, 3.63) is 91.0 Å². The average molecular weight is 827 g/mol. The predicted molar refractivity (Wildman–Crippen MR) is 212 cm³/mol. The SMILES string of the molecule is O=Cc1cnn2c(NC3CC3)cc(-c3ccc(CBr)s3)nc12.O=c1[nH]c(O)c(C=c2cnn3c(=NC4CC4)cc(-c4ccc(CN5CCCC5)s4)nc23)[nH]1. The van der Waals surface area contributed by atoms with Crippen LogP contribution >= 0.6 is 38.6 Å². The van der Waals surface area contributed by atoms with Gasteiger partial charge in [-0.2, -0.15) is 19.2 Å². The van der Waals surface area contributed by atoms with Crippen LogP contribution in [-0.4, -0.2) is 80.6 Å². The quantitative estimate of drug-likeness (QED) is 0.108. The van der Waals surface area contributed by atoms with Crippen LogP contribution in [0.5, 0.6) is 5.88 Å². The molecule has 0 atom stereocenters. The second kappa shape index (κ2) is 14.7. The lowest BCUT2D eigenvalue weighted by molar-refractivity contribution is 0.112. The number of likely N-dealkylation sites (tertiary alicyclic amines) is 1. The standard InChI is InChI=1S/C22H23N7O2S.C15H13BrN4OS/c30-21-17(26-22(31)27-21)9-13-11-23-29-19(24-14-3-4-14)10-16(25-20(13)29)18-6-5-15(32-18)12-28-7-1-2-8-28;16-6-11-3-4-13(22-11)12-5-14(18-10-1-2-10)20-15(19-12)9(8-21)7-17-20/h5-6,9-11,14,30H,1-4,7-8,12H2,(H2,26,27,31);3-5,7-8,10,18H,1-2,6H2. The first kappa shape index (κ1) is 34.8. The van der Waals surface area contributed by atoms with Crippen molar-refractivity contribution in [1.82, 2.24) is 44.1 Å². The van der Waals surface area contributed by atoms with Gasteiger partial charge in [-0.1, -0.05) is 15.9 Å². The van der Waals surface area contributed by atoms with E-state index in [1.807, 2.05) is 12.1 Å². The van der Waals surface area contributed by atoms with Gasteiger partial charge < -0.3 is 15.4 Å². The normalized spacial score (nSPS) is 16.8. The van der Waals surface area contributed by atoms with Crippen molar-refractivity contribution in [3.63, 3.8) is 0 Å². The summed E-state index contributed by atoms with van der Waals surface area (Å²) in [5.74, 6) is 0.683. The minimum atomic E-state index is -0.465. The third-order valence-corrected chi connectivity index (χ3v) is 12.6. The molecule has 0 radical (unpaired) electrons. The summed E-state index contributed by atoms with van der Waals surface area (Å²) < 4.78 is 3.44. The summed E-state index contributed by atoms with van der Waals surface area (Å²) in [6.07, 6.45) is 12.8. The van der Waals surface area contributed by atoms with E-state index in [-0.39, 0.29) is 5.88 Å². The Labute approximate surface area is 324 Å². The topological polar surface area (TPSA) is 174 Å². The van der Waals surface area contributed by atoms with Crippen molar-refractivity contribution in [1.29, 1.82) is 0 Å². The van der Waals surface area contributed by atoms with Crippen molar-refractivity contribution in [2.75, 3.05) is 18.4 Å². The third kappa shape index (κ3) is 7.40. The van der Waals surface area contributed by atoms with E-state index in [4.69, 9.17) is 9.98 Å². The van der Waals surface area contributed by atoms with Gasteiger partial charge in [0.2, 0.25) is 5.88 Å². The number of aromatic amines is 2. The number of nitrogens with one attached hydrogen (secondary N) is 3. The number of halogens is 1. The smallest absolute Gasteiger partial charge is 0.326 e. The van der Waals surface area contributed by atoms with E-state index in [0.29, 0.717) is 39.9 Å². The summed E-state index contributed by atoms with van der Waals surface area (Å²) in [4.78, 5) is 49.3. The number of nitrogens with zero attached hydrogens (tertiary/aromatic N) is 8. The van der Waals surface area contributed by atoms with Crippen LogP contribution in [0.3, 0.4) is 0 Å². The van der Waals surface area contributed by atoms with Crippen LogP contribution in [0.25, 0.3) is 38.5 Å². The largest absolute Gasteiger partial charge is 0.493 e. The zero-order valence-electron chi connectivity index (χ0n) is 29.0. The number of carbonyl (C=O) groups is 1. The van der Waals surface area contributed by atoms with Gasteiger partial charge in [0, 0.05) is 45.0 Å². The molecule has 54 heavy (non-hydrogen) atoms. The Morgan fingerprint density at radius 2 is 1.65 bits per heavy atom. The number of imidazole rings is 1. The molecule has 1 saturated heterocycles. The Bertz CT molecular complexity index is 2680. The predicted octanol–water partition coefficient (Wildman–Crippen LogP) is 5.13. The fourth-order valence-electron chi connectivity index (χ4n) is 6.40. The molecule has 3 aliphatic rings. The number of aldehydes is 1. The van der Waals surface area contributed by atoms with Gasteiger partial charge in [0.1, 0.15) is 11.5 Å². The van der Waals surface area contributed by atoms with Gasteiger partial charge in [-0.25, -0.2) is 14.8 Å². The van der Waals surface area contributed by atoms with Gasteiger partial charge in [-0.15, -0.1) is 22.7 Å². The van der Waals surface area contributed by atoms with Gasteiger partial charge in [-0.05, 0) is 82.0 Å². The molecule has 276 valence electrons. The number of hydrogen-bond acceptors (Lipinski definition) is 12. The first-order valence-corrected chi connectivity index (χ1v) is 20.7. The molecule has 8 heterocycles. The van der Waals surface area contributed by atoms with Gasteiger partial charge in [-0.3, -0.25) is 19.7 Å². The summed E-state index contributed by atoms with van der Waals surface area (Å²) in [6, 6.07) is 13.3. The Hall–Kier alpha value is -4.97. The molecule has 2 saturated carbocycles. The molecule has 3 fully saturated rings. The van der Waals surface area contributed by atoms with Crippen LogP contribution in [0.4, 0.5) is 5.82 Å². The molecule has 0 bridgehead atoms. The first-order valence-electron chi connectivity index (χ1n) is 17.9. The number of hydrogen-bond donors (Lipinski definition) is 4. The van der Waals surface area contributed by atoms with Crippen molar-refractivity contribution >= 4 is 68.1 Å². The molecule has 0 unspecified atom stereocenters. The van der Waals surface area contributed by atoms with Crippen molar-refractivity contribution < 1.29 is 9.90 Å². The summed E-state index contributed by atoms with van der Waals surface area (Å²) in [7, 11) is 0. The summed E-state index contributed by atoms with van der Waals surface area (Å²) in [6.45, 7) is 3.33. The molecular weight excluding hydrogens is 791 g/mol. The zero-order valence-corrected chi connectivity index (χ0v) is 32.3. The highest BCUT2D eigenvalue weighted by molar-refractivity contribution is 9.08. The summed E-state index contributed by atoms with van der Waals surface area (Å²) in [5.41, 5.74) is 4.08. The van der Waals surface area contributed by atoms with Gasteiger partial charge in [0.25, 0.3) is 0 Å². The maximum absolute atomic E-state index is 11.5. The van der Waals surface area contributed by atoms with E-state index in [9.17, 15) is 14.7 Å². The molecule has 0 amide bonds.